The average molecular weight is 128 g/mol. The standard InChI is InChI=1S/C4H9NO.ClH/c1-3-6-4-2-5-1;/h5H,1-4H2;1H/i1D2,2D2;. The molecule has 0 saturated carbocycles. The summed E-state index contributed by atoms with van der Waals surface area (Å²) >= 11 is 0. The Hall–Kier alpha value is 0.210. The van der Waals surface area contributed by atoms with E-state index in [0.29, 0.717) is 0 Å². The summed E-state index contributed by atoms with van der Waals surface area (Å²) in [5.41, 5.74) is 0. The summed E-state index contributed by atoms with van der Waals surface area (Å²) < 4.78 is 33.0. The largest absolute Gasteiger partial charge is 0.379 e. The monoisotopic (exact) mass is 127 g/mol. The van der Waals surface area contributed by atoms with E-state index in [9.17, 15) is 0 Å². The molecular weight excluding hydrogens is 114 g/mol. The number of halogens is 1. The van der Waals surface area contributed by atoms with Crippen molar-refractivity contribution in [1.82, 2.24) is 5.32 Å². The Morgan fingerprint density at radius 1 is 1.43 bits per heavy atom. The second kappa shape index (κ2) is 4.37. The van der Waals surface area contributed by atoms with E-state index in [0.717, 1.165) is 0 Å². The number of morpholine rings is 1. The second-order valence-corrected chi connectivity index (χ2v) is 0.971. The first-order chi connectivity index (χ1) is 4.41. The molecule has 0 aliphatic carbocycles. The quantitative estimate of drug-likeness (QED) is 0.496. The maximum Gasteiger partial charge on any atom is 0.0591 e. The Morgan fingerprint density at radius 2 is 2.00 bits per heavy atom. The van der Waals surface area contributed by atoms with Crippen LogP contribution in [0.1, 0.15) is 5.48 Å². The maximum absolute atomic E-state index is 7.07. The minimum atomic E-state index is -1.73. The average Bonchev–Trinajstić information content (AvgIpc) is 1.56. The SMILES string of the molecule is Cl.[2H]C1([2H])COCC([2H])([2H])N1. The summed E-state index contributed by atoms with van der Waals surface area (Å²) in [6.45, 7) is -3.65. The molecule has 0 unspecified atom stereocenters. The highest BCUT2D eigenvalue weighted by atomic mass is 35.5. The van der Waals surface area contributed by atoms with Gasteiger partial charge in [-0.1, -0.05) is 0 Å². The summed E-state index contributed by atoms with van der Waals surface area (Å²) in [6, 6.07) is 0. The number of ether oxygens (including phenoxy) is 1. The van der Waals surface area contributed by atoms with Crippen molar-refractivity contribution in [2.45, 2.75) is 0 Å². The zero-order valence-corrected chi connectivity index (χ0v) is 4.55. The van der Waals surface area contributed by atoms with Gasteiger partial charge in [-0.25, -0.2) is 0 Å². The molecule has 1 fully saturated rings. The van der Waals surface area contributed by atoms with Gasteiger partial charge in [0.15, 0.2) is 0 Å². The van der Waals surface area contributed by atoms with Crippen molar-refractivity contribution in [3.05, 3.63) is 0 Å². The molecule has 0 radical (unpaired) electrons. The molecular formula is C4H10ClNO. The van der Waals surface area contributed by atoms with Crippen molar-refractivity contribution < 1.29 is 10.2 Å². The molecule has 3 heteroatoms. The van der Waals surface area contributed by atoms with Crippen molar-refractivity contribution in [1.29, 1.82) is 0 Å². The Kier molecular flexibility index (Phi) is 1.67. The van der Waals surface area contributed by atoms with Crippen LogP contribution in [0.3, 0.4) is 0 Å². The zero-order valence-electron chi connectivity index (χ0n) is 7.73. The van der Waals surface area contributed by atoms with Crippen LogP contribution in [0.5, 0.6) is 0 Å². The van der Waals surface area contributed by atoms with Crippen molar-refractivity contribution in [2.24, 2.45) is 0 Å². The third kappa shape index (κ3) is 2.85. The minimum absolute atomic E-state index is 0. The van der Waals surface area contributed by atoms with E-state index in [2.05, 4.69) is 10.1 Å². The molecule has 0 bridgehead atoms. The summed E-state index contributed by atoms with van der Waals surface area (Å²) in [7, 11) is 0. The van der Waals surface area contributed by atoms with Crippen LogP contribution in [0.2, 0.25) is 0 Å². The lowest BCUT2D eigenvalue weighted by Gasteiger charge is -2.10. The fraction of sp³-hybridized carbons (Fsp3) is 1.00. The highest BCUT2D eigenvalue weighted by Gasteiger charge is 1.92. The van der Waals surface area contributed by atoms with Gasteiger partial charge in [0.25, 0.3) is 0 Å². The zero-order chi connectivity index (χ0) is 7.83. The molecule has 1 heterocycles. The van der Waals surface area contributed by atoms with Gasteiger partial charge in [-0.2, -0.15) is 0 Å². The van der Waals surface area contributed by atoms with E-state index < -0.39 is 13.0 Å². The predicted molar refractivity (Wildman–Crippen MR) is 30.9 cm³/mol. The Balaban J connectivity index is 0.000001000. The summed E-state index contributed by atoms with van der Waals surface area (Å²) in [4.78, 5) is 0. The van der Waals surface area contributed by atoms with Gasteiger partial charge >= 0.3 is 0 Å². The van der Waals surface area contributed by atoms with Crippen LogP contribution in [0, 0.1) is 0 Å². The van der Waals surface area contributed by atoms with Gasteiger partial charge in [-0.05, 0) is 0 Å². The highest BCUT2D eigenvalue weighted by molar-refractivity contribution is 5.85. The number of hydrogen-bond donors (Lipinski definition) is 1. The molecule has 0 aromatic carbocycles. The van der Waals surface area contributed by atoms with Gasteiger partial charge < -0.3 is 10.1 Å². The van der Waals surface area contributed by atoms with E-state index in [4.69, 9.17) is 5.48 Å². The van der Waals surface area contributed by atoms with Gasteiger partial charge in [0.2, 0.25) is 0 Å². The first kappa shape index (κ1) is 2.67. The number of hydrogen-bond acceptors (Lipinski definition) is 2. The molecule has 1 saturated heterocycles. The van der Waals surface area contributed by atoms with Gasteiger partial charge in [0, 0.05) is 18.5 Å². The molecule has 0 aromatic rings. The van der Waals surface area contributed by atoms with Gasteiger partial charge in [-0.3, -0.25) is 0 Å². The third-order valence-corrected chi connectivity index (χ3v) is 0.525. The van der Waals surface area contributed by atoms with E-state index in [1.165, 1.54) is 0 Å². The molecule has 44 valence electrons. The first-order valence-corrected chi connectivity index (χ1v) is 1.78. The lowest BCUT2D eigenvalue weighted by Crippen LogP contribution is -2.30. The molecule has 7 heavy (non-hydrogen) atoms. The van der Waals surface area contributed by atoms with Crippen LogP contribution in [0.4, 0.5) is 0 Å². The van der Waals surface area contributed by atoms with E-state index in [1.54, 1.807) is 0 Å². The summed E-state index contributed by atoms with van der Waals surface area (Å²) in [5.74, 6) is 0. The molecule has 0 atom stereocenters. The minimum Gasteiger partial charge on any atom is -0.379 e. The van der Waals surface area contributed by atoms with Crippen molar-refractivity contribution >= 4 is 12.4 Å². The normalized spacial score (nSPS) is 43.4. The number of nitrogens with one attached hydrogen (secondary N) is 1. The van der Waals surface area contributed by atoms with Crippen LogP contribution >= 0.6 is 12.4 Å². The van der Waals surface area contributed by atoms with Crippen molar-refractivity contribution in [3.8, 4) is 0 Å². The van der Waals surface area contributed by atoms with Gasteiger partial charge in [-0.15, -0.1) is 12.4 Å². The summed E-state index contributed by atoms with van der Waals surface area (Å²) in [5, 5.41) is 2.17. The van der Waals surface area contributed by atoms with Crippen LogP contribution < -0.4 is 5.32 Å². The topological polar surface area (TPSA) is 21.3 Å². The van der Waals surface area contributed by atoms with Crippen molar-refractivity contribution in [2.75, 3.05) is 26.2 Å². The van der Waals surface area contributed by atoms with Crippen LogP contribution in [0.25, 0.3) is 0 Å². The van der Waals surface area contributed by atoms with Gasteiger partial charge in [0.1, 0.15) is 0 Å². The molecule has 2 nitrogen and oxygen atoms in total. The van der Waals surface area contributed by atoms with E-state index >= 15 is 0 Å². The van der Waals surface area contributed by atoms with Crippen LogP contribution in [-0.4, -0.2) is 26.2 Å². The molecule has 0 amide bonds. The maximum atomic E-state index is 7.07. The smallest absolute Gasteiger partial charge is 0.0591 e. The Bertz CT molecular complexity index is 128. The molecule has 1 aliphatic rings. The molecule has 1 N–H and O–H groups in total. The lowest BCUT2D eigenvalue weighted by molar-refractivity contribution is 0.109. The first-order valence-electron chi connectivity index (χ1n) is 3.78. The fourth-order valence-corrected chi connectivity index (χ4v) is 0.288. The predicted octanol–water partition coefficient (Wildman–Crippen LogP) is 0.0280. The van der Waals surface area contributed by atoms with Gasteiger partial charge in [0.05, 0.1) is 13.2 Å². The van der Waals surface area contributed by atoms with E-state index in [-0.39, 0.29) is 25.6 Å². The molecule has 0 spiro atoms. The van der Waals surface area contributed by atoms with Crippen LogP contribution in [0.15, 0.2) is 0 Å². The second-order valence-electron chi connectivity index (χ2n) is 0.971. The fourth-order valence-electron chi connectivity index (χ4n) is 0.288. The van der Waals surface area contributed by atoms with Crippen molar-refractivity contribution in [3.63, 3.8) is 0 Å². The Labute approximate surface area is 55.3 Å². The highest BCUT2D eigenvalue weighted by Crippen LogP contribution is 1.76. The van der Waals surface area contributed by atoms with Crippen LogP contribution in [-0.2, 0) is 4.74 Å². The molecule has 0 aromatic heterocycles. The number of rotatable bonds is 0. The third-order valence-electron chi connectivity index (χ3n) is 0.525. The Morgan fingerprint density at radius 3 is 2.29 bits per heavy atom. The molecule has 1 rings (SSSR count). The lowest BCUT2D eigenvalue weighted by atomic mass is 10.5. The van der Waals surface area contributed by atoms with E-state index in [1.807, 2.05) is 0 Å². The summed E-state index contributed by atoms with van der Waals surface area (Å²) in [6.07, 6.45) is 0. The molecule has 1 aliphatic heterocycles.